The zero-order valence-electron chi connectivity index (χ0n) is 17.9. The van der Waals surface area contributed by atoms with Crippen LogP contribution in [0.5, 0.6) is 5.75 Å². The molecule has 1 N–H and O–H groups in total. The molecule has 0 atom stereocenters. The Balaban J connectivity index is 1.50. The number of hydrogen-bond acceptors (Lipinski definition) is 6. The van der Waals surface area contributed by atoms with Crippen molar-refractivity contribution in [2.45, 2.75) is 39.3 Å². The van der Waals surface area contributed by atoms with Crippen molar-refractivity contribution in [3.63, 3.8) is 0 Å². The van der Waals surface area contributed by atoms with Crippen LogP contribution in [-0.2, 0) is 22.5 Å². The van der Waals surface area contributed by atoms with E-state index in [1.807, 2.05) is 61.5 Å². The maximum absolute atomic E-state index is 11.7. The highest BCUT2D eigenvalue weighted by Gasteiger charge is 2.27. The van der Waals surface area contributed by atoms with E-state index in [4.69, 9.17) is 13.9 Å². The van der Waals surface area contributed by atoms with Gasteiger partial charge in [0.05, 0.1) is 19.4 Å². The van der Waals surface area contributed by atoms with Crippen molar-refractivity contribution in [1.29, 1.82) is 0 Å². The highest BCUT2D eigenvalue weighted by molar-refractivity contribution is 5.79. The zero-order valence-corrected chi connectivity index (χ0v) is 17.9. The number of esters is 1. The van der Waals surface area contributed by atoms with E-state index < -0.39 is 5.54 Å². The molecule has 30 heavy (non-hydrogen) atoms. The topological polar surface area (TPSA) is 73.6 Å². The molecule has 0 saturated heterocycles. The summed E-state index contributed by atoms with van der Waals surface area (Å²) in [6, 6.07) is 17.7. The molecule has 6 heteroatoms. The van der Waals surface area contributed by atoms with Crippen LogP contribution in [0.25, 0.3) is 11.5 Å². The minimum absolute atomic E-state index is 0.291. The third kappa shape index (κ3) is 5.48. The largest absolute Gasteiger partial charge is 0.493 e. The molecule has 1 heterocycles. The van der Waals surface area contributed by atoms with Crippen molar-refractivity contribution >= 4 is 5.97 Å². The summed E-state index contributed by atoms with van der Waals surface area (Å²) in [6.07, 6.45) is 0.665. The molecule has 158 valence electrons. The normalized spacial score (nSPS) is 11.3. The van der Waals surface area contributed by atoms with Gasteiger partial charge in [-0.1, -0.05) is 30.3 Å². The molecule has 0 radical (unpaired) electrons. The lowest BCUT2D eigenvalue weighted by atomic mass is 10.1. The number of nitrogens with zero attached hydrogens (tertiary/aromatic N) is 1. The SMILES string of the molecule is COC(=O)C(C)(C)NCc1ccc(OCCc2nc(-c3ccccc3)oc2C)cc1. The van der Waals surface area contributed by atoms with Crippen LogP contribution in [-0.4, -0.2) is 30.2 Å². The molecule has 0 spiro atoms. The highest BCUT2D eigenvalue weighted by atomic mass is 16.5. The molecule has 0 saturated carbocycles. The predicted octanol–water partition coefficient (Wildman–Crippen LogP) is 4.31. The molecule has 0 fully saturated rings. The van der Waals surface area contributed by atoms with E-state index >= 15 is 0 Å². The summed E-state index contributed by atoms with van der Waals surface area (Å²) in [6.45, 7) is 6.58. The molecule has 3 rings (SSSR count). The number of aromatic nitrogens is 1. The molecule has 1 aromatic heterocycles. The number of hydrogen-bond donors (Lipinski definition) is 1. The van der Waals surface area contributed by atoms with Gasteiger partial charge in [0, 0.05) is 18.5 Å². The Morgan fingerprint density at radius 1 is 1.10 bits per heavy atom. The summed E-state index contributed by atoms with van der Waals surface area (Å²) in [5.74, 6) is 1.94. The first kappa shape index (κ1) is 21.6. The van der Waals surface area contributed by atoms with Gasteiger partial charge in [0.15, 0.2) is 0 Å². The number of aryl methyl sites for hydroxylation is 1. The predicted molar refractivity (Wildman–Crippen MR) is 115 cm³/mol. The maximum Gasteiger partial charge on any atom is 0.325 e. The first-order valence-electron chi connectivity index (χ1n) is 9.96. The van der Waals surface area contributed by atoms with Crippen molar-refractivity contribution in [2.75, 3.05) is 13.7 Å². The van der Waals surface area contributed by atoms with Crippen molar-refractivity contribution in [3.05, 3.63) is 71.6 Å². The molecule has 0 aliphatic heterocycles. The summed E-state index contributed by atoms with van der Waals surface area (Å²) >= 11 is 0. The standard InChI is InChI=1S/C24H28N2O4/c1-17-21(26-22(30-17)19-8-6-5-7-9-19)14-15-29-20-12-10-18(11-13-20)16-25-24(2,3)23(27)28-4/h5-13,25H,14-16H2,1-4H3. The van der Waals surface area contributed by atoms with E-state index in [2.05, 4.69) is 10.3 Å². The first-order chi connectivity index (χ1) is 14.4. The van der Waals surface area contributed by atoms with Crippen molar-refractivity contribution in [3.8, 4) is 17.2 Å². The first-order valence-corrected chi connectivity index (χ1v) is 9.96. The number of carbonyl (C=O) groups excluding carboxylic acids is 1. The maximum atomic E-state index is 11.7. The number of oxazole rings is 1. The monoisotopic (exact) mass is 408 g/mol. The number of methoxy groups -OCH3 is 1. The molecule has 0 aliphatic carbocycles. The Labute approximate surface area is 177 Å². The lowest BCUT2D eigenvalue weighted by Crippen LogP contribution is -2.46. The number of ether oxygens (including phenoxy) is 2. The third-order valence-electron chi connectivity index (χ3n) is 4.87. The summed E-state index contributed by atoms with van der Waals surface area (Å²) in [4.78, 5) is 16.3. The van der Waals surface area contributed by atoms with Gasteiger partial charge < -0.3 is 13.9 Å². The van der Waals surface area contributed by atoms with Gasteiger partial charge in [0.2, 0.25) is 5.89 Å². The Morgan fingerprint density at radius 2 is 1.80 bits per heavy atom. The Kier molecular flexibility index (Phi) is 6.90. The quantitative estimate of drug-likeness (QED) is 0.532. The Bertz CT molecular complexity index is 963. The molecule has 0 amide bonds. The smallest absolute Gasteiger partial charge is 0.325 e. The summed E-state index contributed by atoms with van der Waals surface area (Å²) in [5.41, 5.74) is 2.18. The van der Waals surface area contributed by atoms with Gasteiger partial charge in [-0.3, -0.25) is 10.1 Å². The molecule has 0 bridgehead atoms. The minimum Gasteiger partial charge on any atom is -0.493 e. The van der Waals surface area contributed by atoms with Crippen LogP contribution in [0.15, 0.2) is 59.0 Å². The average Bonchev–Trinajstić information content (AvgIpc) is 3.13. The minimum atomic E-state index is -0.738. The van der Waals surface area contributed by atoms with Crippen LogP contribution < -0.4 is 10.1 Å². The van der Waals surface area contributed by atoms with Gasteiger partial charge >= 0.3 is 5.97 Å². The second kappa shape index (κ2) is 9.59. The summed E-state index contributed by atoms with van der Waals surface area (Å²) in [5, 5.41) is 3.20. The van der Waals surface area contributed by atoms with E-state index in [1.165, 1.54) is 7.11 Å². The van der Waals surface area contributed by atoms with Gasteiger partial charge in [0.1, 0.15) is 17.0 Å². The van der Waals surface area contributed by atoms with E-state index in [9.17, 15) is 4.79 Å². The second-order valence-corrected chi connectivity index (χ2v) is 7.60. The van der Waals surface area contributed by atoms with Crippen LogP contribution in [0.2, 0.25) is 0 Å². The van der Waals surface area contributed by atoms with Gasteiger partial charge in [-0.05, 0) is 50.6 Å². The van der Waals surface area contributed by atoms with Crippen LogP contribution in [0.3, 0.4) is 0 Å². The Hall–Kier alpha value is -3.12. The van der Waals surface area contributed by atoms with Crippen LogP contribution in [0.4, 0.5) is 0 Å². The van der Waals surface area contributed by atoms with Crippen LogP contribution >= 0.6 is 0 Å². The summed E-state index contributed by atoms with van der Waals surface area (Å²) in [7, 11) is 1.39. The van der Waals surface area contributed by atoms with Crippen molar-refractivity contribution in [2.24, 2.45) is 0 Å². The van der Waals surface area contributed by atoms with E-state index in [-0.39, 0.29) is 5.97 Å². The van der Waals surface area contributed by atoms with Gasteiger partial charge in [-0.15, -0.1) is 0 Å². The lowest BCUT2D eigenvalue weighted by molar-refractivity contribution is -0.147. The molecule has 2 aromatic carbocycles. The van der Waals surface area contributed by atoms with Crippen molar-refractivity contribution < 1.29 is 18.7 Å². The van der Waals surface area contributed by atoms with Crippen molar-refractivity contribution in [1.82, 2.24) is 10.3 Å². The number of benzene rings is 2. The fraction of sp³-hybridized carbons (Fsp3) is 0.333. The highest BCUT2D eigenvalue weighted by Crippen LogP contribution is 2.22. The molecule has 0 unspecified atom stereocenters. The lowest BCUT2D eigenvalue weighted by Gasteiger charge is -2.23. The summed E-state index contributed by atoms with van der Waals surface area (Å²) < 4.78 is 16.5. The molecule has 3 aromatic rings. The van der Waals surface area contributed by atoms with Gasteiger partial charge in [-0.25, -0.2) is 4.98 Å². The van der Waals surface area contributed by atoms with E-state index in [0.717, 1.165) is 28.3 Å². The number of rotatable bonds is 9. The third-order valence-corrected chi connectivity index (χ3v) is 4.87. The van der Waals surface area contributed by atoms with E-state index in [0.29, 0.717) is 25.5 Å². The van der Waals surface area contributed by atoms with Crippen LogP contribution in [0.1, 0.15) is 30.9 Å². The molecular formula is C24H28N2O4. The Morgan fingerprint density at radius 3 is 2.47 bits per heavy atom. The second-order valence-electron chi connectivity index (χ2n) is 7.60. The number of nitrogens with one attached hydrogen (secondary N) is 1. The fourth-order valence-corrected chi connectivity index (χ4v) is 2.98. The van der Waals surface area contributed by atoms with Gasteiger partial charge in [0.25, 0.3) is 0 Å². The number of carbonyl (C=O) groups is 1. The van der Waals surface area contributed by atoms with E-state index in [1.54, 1.807) is 13.8 Å². The zero-order chi connectivity index (χ0) is 21.6. The van der Waals surface area contributed by atoms with Gasteiger partial charge in [-0.2, -0.15) is 0 Å². The molecule has 6 nitrogen and oxygen atoms in total. The average molecular weight is 408 g/mol. The fourth-order valence-electron chi connectivity index (χ4n) is 2.98. The molecular weight excluding hydrogens is 380 g/mol. The molecule has 0 aliphatic rings. The van der Waals surface area contributed by atoms with Crippen LogP contribution in [0, 0.1) is 6.92 Å².